The zero-order valence-corrected chi connectivity index (χ0v) is 26.8. The maximum absolute atomic E-state index is 11.2. The Morgan fingerprint density at radius 3 is 1.13 bits per heavy atom. The quantitative estimate of drug-likeness (QED) is 0.159. The van der Waals surface area contributed by atoms with Crippen LogP contribution < -0.4 is 10.6 Å². The summed E-state index contributed by atoms with van der Waals surface area (Å²) < 4.78 is 4.82. The van der Waals surface area contributed by atoms with Gasteiger partial charge in [0.05, 0.1) is 18.8 Å². The Balaban J connectivity index is 0. The summed E-state index contributed by atoms with van der Waals surface area (Å²) in [6, 6.07) is 19.8. The van der Waals surface area contributed by atoms with Gasteiger partial charge in [0.2, 0.25) is 5.24 Å². The molecule has 0 saturated carbocycles. The molecular formula is C32H39ClN2O11. The van der Waals surface area contributed by atoms with Gasteiger partial charge in [-0.15, -0.1) is 0 Å². The molecule has 0 heterocycles. The molecule has 13 nitrogen and oxygen atoms in total. The summed E-state index contributed by atoms with van der Waals surface area (Å²) in [5.41, 5.74) is 3.82. The summed E-state index contributed by atoms with van der Waals surface area (Å²) in [6.07, 6.45) is 0. The lowest BCUT2D eigenvalue weighted by Gasteiger charge is -2.03. The summed E-state index contributed by atoms with van der Waals surface area (Å²) in [7, 11) is 3.16. The second kappa shape index (κ2) is 25.2. The van der Waals surface area contributed by atoms with Gasteiger partial charge in [-0.1, -0.05) is 36.4 Å². The molecule has 250 valence electrons. The van der Waals surface area contributed by atoms with Crippen LogP contribution in [0.2, 0.25) is 0 Å². The smallest absolute Gasteiger partial charge is 0.335 e. The highest BCUT2D eigenvalue weighted by Gasteiger charge is 2.03. The van der Waals surface area contributed by atoms with E-state index in [-0.39, 0.29) is 48.4 Å². The Morgan fingerprint density at radius 2 is 0.891 bits per heavy atom. The van der Waals surface area contributed by atoms with E-state index in [1.807, 2.05) is 0 Å². The number of carboxylic acid groups (broad SMARTS) is 2. The first kappa shape index (κ1) is 43.0. The highest BCUT2D eigenvalue weighted by Crippen LogP contribution is 2.06. The van der Waals surface area contributed by atoms with E-state index >= 15 is 0 Å². The van der Waals surface area contributed by atoms with Crippen LogP contribution in [0.1, 0.15) is 68.5 Å². The Labute approximate surface area is 271 Å². The molecule has 0 aliphatic heterocycles. The average molecular weight is 663 g/mol. The molecule has 0 bridgehead atoms. The van der Waals surface area contributed by atoms with Gasteiger partial charge in [0.15, 0.2) is 0 Å². The molecule has 46 heavy (non-hydrogen) atoms. The SMILES string of the molecule is CC(=O)Cl.CC(=O)O.CNC(=O)c1ccc(CO)cc1.CNC(=O)c1ccc(COC(C)=O)cc1.O=C(O)c1ccc(CO)cc1. The minimum atomic E-state index is -0.950. The topological polar surface area (TPSA) is 217 Å². The van der Waals surface area contributed by atoms with E-state index in [4.69, 9.17) is 30.0 Å². The molecule has 3 aromatic carbocycles. The molecule has 0 unspecified atom stereocenters. The van der Waals surface area contributed by atoms with Crippen LogP contribution in [-0.2, 0) is 38.9 Å². The van der Waals surface area contributed by atoms with Crippen molar-refractivity contribution >= 4 is 46.6 Å². The lowest BCUT2D eigenvalue weighted by atomic mass is 10.1. The number of carbonyl (C=O) groups excluding carboxylic acids is 4. The number of aliphatic carboxylic acids is 1. The van der Waals surface area contributed by atoms with Crippen LogP contribution >= 0.6 is 11.6 Å². The Morgan fingerprint density at radius 1 is 0.609 bits per heavy atom. The second-order valence-corrected chi connectivity index (χ2v) is 9.17. The number of amides is 2. The van der Waals surface area contributed by atoms with Gasteiger partial charge < -0.3 is 35.8 Å². The monoisotopic (exact) mass is 662 g/mol. The van der Waals surface area contributed by atoms with E-state index in [2.05, 4.69) is 22.2 Å². The summed E-state index contributed by atoms with van der Waals surface area (Å²) in [4.78, 5) is 61.3. The summed E-state index contributed by atoms with van der Waals surface area (Å²) in [5, 5.41) is 37.9. The third-order valence-electron chi connectivity index (χ3n) is 4.89. The zero-order chi connectivity index (χ0) is 35.7. The van der Waals surface area contributed by atoms with Gasteiger partial charge in [-0.2, -0.15) is 0 Å². The van der Waals surface area contributed by atoms with Crippen LogP contribution in [0, 0.1) is 0 Å². The van der Waals surface area contributed by atoms with Crippen LogP contribution in [0.5, 0.6) is 0 Å². The van der Waals surface area contributed by atoms with Gasteiger partial charge in [0.25, 0.3) is 17.8 Å². The molecule has 0 aliphatic rings. The highest BCUT2D eigenvalue weighted by atomic mass is 35.5. The van der Waals surface area contributed by atoms with Gasteiger partial charge in [0.1, 0.15) is 6.61 Å². The number of aliphatic hydroxyl groups excluding tert-OH is 2. The number of hydrogen-bond acceptors (Lipinski definition) is 9. The van der Waals surface area contributed by atoms with Crippen molar-refractivity contribution in [3.8, 4) is 0 Å². The van der Waals surface area contributed by atoms with Gasteiger partial charge in [-0.05, 0) is 64.7 Å². The maximum Gasteiger partial charge on any atom is 0.335 e. The number of carboxylic acids is 2. The molecule has 3 aromatic rings. The number of hydrogen-bond donors (Lipinski definition) is 6. The van der Waals surface area contributed by atoms with Crippen molar-refractivity contribution in [3.63, 3.8) is 0 Å². The number of ether oxygens (including phenoxy) is 1. The second-order valence-electron chi connectivity index (χ2n) is 8.64. The largest absolute Gasteiger partial charge is 0.481 e. The van der Waals surface area contributed by atoms with Crippen molar-refractivity contribution in [2.24, 2.45) is 0 Å². The first-order valence-electron chi connectivity index (χ1n) is 13.3. The molecule has 6 N–H and O–H groups in total. The van der Waals surface area contributed by atoms with Crippen molar-refractivity contribution in [3.05, 3.63) is 106 Å². The molecule has 0 aliphatic carbocycles. The standard InChI is InChI=1S/C11H13NO3.C9H11NO2.C8H8O3.C2H3ClO.C2H4O2/c1-8(13)15-7-9-3-5-10(6-4-9)11(14)12-2;1-10-9(12)8-4-2-7(6-11)3-5-8;9-5-6-1-3-7(4-2-6)8(10)11;2*1-2(3)4/h3-6H,7H2,1-2H3,(H,12,14);2-5,11H,6H2,1H3,(H,10,12);1-4,9H,5H2,(H,10,11);1H3;1H3,(H,3,4). The number of aromatic carboxylic acids is 1. The summed E-state index contributed by atoms with van der Waals surface area (Å²) in [6.45, 7) is 3.93. The average Bonchev–Trinajstić information content (AvgIpc) is 3.03. The molecule has 0 atom stereocenters. The molecule has 0 radical (unpaired) electrons. The van der Waals surface area contributed by atoms with Crippen molar-refractivity contribution in [2.45, 2.75) is 40.6 Å². The summed E-state index contributed by atoms with van der Waals surface area (Å²) in [5.74, 6) is -2.34. The van der Waals surface area contributed by atoms with E-state index in [1.165, 1.54) is 26.0 Å². The van der Waals surface area contributed by atoms with Crippen molar-refractivity contribution in [2.75, 3.05) is 14.1 Å². The number of nitrogens with one attached hydrogen (secondary N) is 2. The number of rotatable bonds is 7. The lowest BCUT2D eigenvalue weighted by Crippen LogP contribution is -2.17. The van der Waals surface area contributed by atoms with Crippen LogP contribution in [0.4, 0.5) is 0 Å². The normalized spacial score (nSPS) is 8.96. The van der Waals surface area contributed by atoms with E-state index in [0.29, 0.717) is 11.1 Å². The first-order chi connectivity index (χ1) is 21.6. The summed E-state index contributed by atoms with van der Waals surface area (Å²) >= 11 is 4.64. The predicted octanol–water partition coefficient (Wildman–Crippen LogP) is 3.39. The fourth-order valence-corrected chi connectivity index (χ4v) is 2.74. The number of benzene rings is 3. The third kappa shape index (κ3) is 22.4. The van der Waals surface area contributed by atoms with Gasteiger partial charge >= 0.3 is 11.9 Å². The van der Waals surface area contributed by atoms with Crippen molar-refractivity contribution in [1.82, 2.24) is 10.6 Å². The molecule has 0 saturated heterocycles. The minimum absolute atomic E-state index is 0.00796. The van der Waals surface area contributed by atoms with E-state index < -0.39 is 11.9 Å². The Kier molecular flexibility index (Phi) is 23.6. The van der Waals surface area contributed by atoms with Crippen molar-refractivity contribution < 1.29 is 53.9 Å². The number of carbonyl (C=O) groups is 6. The fourth-order valence-electron chi connectivity index (χ4n) is 2.74. The van der Waals surface area contributed by atoms with Crippen LogP contribution in [-0.4, -0.2) is 69.5 Å². The van der Waals surface area contributed by atoms with E-state index in [9.17, 15) is 24.0 Å². The number of aliphatic hydroxyl groups is 2. The molecular weight excluding hydrogens is 624 g/mol. The molecule has 2 amide bonds. The number of halogens is 1. The first-order valence-corrected chi connectivity index (χ1v) is 13.6. The van der Waals surface area contributed by atoms with Crippen LogP contribution in [0.3, 0.4) is 0 Å². The maximum atomic E-state index is 11.2. The minimum Gasteiger partial charge on any atom is -0.481 e. The third-order valence-corrected chi connectivity index (χ3v) is 4.89. The predicted molar refractivity (Wildman–Crippen MR) is 170 cm³/mol. The lowest BCUT2D eigenvalue weighted by molar-refractivity contribution is -0.142. The molecule has 14 heteroatoms. The fraction of sp³-hybridized carbons (Fsp3) is 0.250. The van der Waals surface area contributed by atoms with Crippen molar-refractivity contribution in [1.29, 1.82) is 0 Å². The molecule has 0 aromatic heterocycles. The molecule has 0 spiro atoms. The van der Waals surface area contributed by atoms with Gasteiger partial charge in [-0.3, -0.25) is 24.0 Å². The molecule has 0 fully saturated rings. The zero-order valence-electron chi connectivity index (χ0n) is 26.1. The highest BCUT2D eigenvalue weighted by molar-refractivity contribution is 6.62. The van der Waals surface area contributed by atoms with E-state index in [0.717, 1.165) is 23.6 Å². The van der Waals surface area contributed by atoms with Crippen LogP contribution in [0.25, 0.3) is 0 Å². The van der Waals surface area contributed by atoms with Gasteiger partial charge in [-0.25, -0.2) is 4.79 Å². The van der Waals surface area contributed by atoms with Crippen LogP contribution in [0.15, 0.2) is 72.8 Å². The molecule has 3 rings (SSSR count). The Hall–Kier alpha value is -5.11. The van der Waals surface area contributed by atoms with E-state index in [1.54, 1.807) is 74.8 Å². The Bertz CT molecular complexity index is 1360. The van der Waals surface area contributed by atoms with Gasteiger partial charge in [0, 0.05) is 46.0 Å². The number of esters is 1.